The van der Waals surface area contributed by atoms with Gasteiger partial charge in [0.2, 0.25) is 5.91 Å². The summed E-state index contributed by atoms with van der Waals surface area (Å²) in [5, 5.41) is 2.09. The number of hydrogen-bond donors (Lipinski definition) is 1. The molecule has 1 aliphatic carbocycles. The molecule has 1 amide bonds. The number of piperidine rings is 1. The molecule has 3 heterocycles. The molecule has 28 heavy (non-hydrogen) atoms. The standard InChI is InChI=1S/C22H26N4OS/c1-3-7-25-11-14(12-26-13-20(27)24(2)22(26)28)8-17-16-5-4-6-18-21(16)15(10-23-18)9-19(17)25/h3-6,10,14,17,19,23H,1,7-9,11-13H2,2H3/t14-,17-,19-/m1/s1. The zero-order chi connectivity index (χ0) is 19.4. The second-order valence-corrected chi connectivity index (χ2v) is 8.79. The molecule has 0 bridgehead atoms. The molecule has 5 rings (SSSR count). The van der Waals surface area contributed by atoms with E-state index < -0.39 is 0 Å². The molecule has 0 unspecified atom stereocenters. The van der Waals surface area contributed by atoms with E-state index >= 15 is 0 Å². The summed E-state index contributed by atoms with van der Waals surface area (Å²) >= 11 is 5.49. The highest BCUT2D eigenvalue weighted by molar-refractivity contribution is 7.80. The van der Waals surface area contributed by atoms with Crippen LogP contribution >= 0.6 is 12.2 Å². The zero-order valence-corrected chi connectivity index (χ0v) is 17.0. The van der Waals surface area contributed by atoms with Gasteiger partial charge in [-0.25, -0.2) is 0 Å². The van der Waals surface area contributed by atoms with Crippen LogP contribution in [0.4, 0.5) is 0 Å². The first kappa shape index (κ1) is 17.9. The van der Waals surface area contributed by atoms with Crippen molar-refractivity contribution in [2.45, 2.75) is 24.8 Å². The second kappa shape index (κ2) is 6.71. The van der Waals surface area contributed by atoms with Gasteiger partial charge in [0.1, 0.15) is 0 Å². The molecule has 0 spiro atoms. The molecule has 2 aliphatic heterocycles. The Morgan fingerprint density at radius 3 is 3.00 bits per heavy atom. The van der Waals surface area contributed by atoms with Crippen LogP contribution in [0.15, 0.2) is 37.1 Å². The van der Waals surface area contributed by atoms with E-state index in [9.17, 15) is 4.79 Å². The molecule has 2 aromatic rings. The van der Waals surface area contributed by atoms with Gasteiger partial charge in [-0.3, -0.25) is 14.6 Å². The average molecular weight is 395 g/mol. The lowest BCUT2D eigenvalue weighted by Crippen LogP contribution is -2.52. The van der Waals surface area contributed by atoms with Crippen molar-refractivity contribution in [3.63, 3.8) is 0 Å². The van der Waals surface area contributed by atoms with Crippen molar-refractivity contribution in [3.05, 3.63) is 48.2 Å². The van der Waals surface area contributed by atoms with E-state index in [1.807, 2.05) is 6.08 Å². The Bertz CT molecular complexity index is 967. The molecule has 1 aromatic heterocycles. The number of carbonyl (C=O) groups is 1. The first-order chi connectivity index (χ1) is 13.6. The molecule has 0 saturated carbocycles. The maximum absolute atomic E-state index is 12.0. The number of amides is 1. The average Bonchev–Trinajstić information content (AvgIpc) is 3.21. The van der Waals surface area contributed by atoms with E-state index in [1.54, 1.807) is 11.9 Å². The fourth-order valence-corrected chi connectivity index (χ4v) is 5.76. The van der Waals surface area contributed by atoms with Gasteiger partial charge in [0.05, 0.1) is 6.54 Å². The lowest BCUT2D eigenvalue weighted by molar-refractivity contribution is -0.124. The van der Waals surface area contributed by atoms with E-state index in [-0.39, 0.29) is 5.91 Å². The number of likely N-dealkylation sites (N-methyl/N-ethyl adjacent to an activating group) is 1. The van der Waals surface area contributed by atoms with Gasteiger partial charge in [-0.1, -0.05) is 18.2 Å². The highest BCUT2D eigenvalue weighted by Crippen LogP contribution is 2.44. The largest absolute Gasteiger partial charge is 0.361 e. The van der Waals surface area contributed by atoms with Crippen molar-refractivity contribution in [2.75, 3.05) is 33.2 Å². The molecule has 3 aliphatic rings. The van der Waals surface area contributed by atoms with Gasteiger partial charge < -0.3 is 9.88 Å². The Kier molecular flexibility index (Phi) is 4.29. The van der Waals surface area contributed by atoms with E-state index in [0.717, 1.165) is 32.5 Å². The van der Waals surface area contributed by atoms with Gasteiger partial charge in [-0.05, 0) is 48.2 Å². The maximum atomic E-state index is 12.0. The van der Waals surface area contributed by atoms with Crippen molar-refractivity contribution in [1.82, 2.24) is 19.7 Å². The van der Waals surface area contributed by atoms with Gasteiger partial charge in [0.25, 0.3) is 0 Å². The summed E-state index contributed by atoms with van der Waals surface area (Å²) in [6, 6.07) is 7.17. The number of fused-ring (bicyclic) bond motifs is 2. The molecule has 2 saturated heterocycles. The predicted molar refractivity (Wildman–Crippen MR) is 115 cm³/mol. The topological polar surface area (TPSA) is 42.6 Å². The minimum absolute atomic E-state index is 0.0982. The number of rotatable bonds is 4. The van der Waals surface area contributed by atoms with E-state index in [1.165, 1.54) is 22.0 Å². The van der Waals surface area contributed by atoms with Crippen LogP contribution < -0.4 is 0 Å². The lowest BCUT2D eigenvalue weighted by Gasteiger charge is -2.47. The van der Waals surface area contributed by atoms with Crippen LogP contribution in [0.3, 0.4) is 0 Å². The third-order valence-corrected chi connectivity index (χ3v) is 7.29. The van der Waals surface area contributed by atoms with Crippen molar-refractivity contribution < 1.29 is 4.79 Å². The monoisotopic (exact) mass is 394 g/mol. The van der Waals surface area contributed by atoms with E-state index in [4.69, 9.17) is 12.2 Å². The number of nitrogens with one attached hydrogen (secondary N) is 1. The van der Waals surface area contributed by atoms with E-state index in [0.29, 0.717) is 29.5 Å². The summed E-state index contributed by atoms with van der Waals surface area (Å²) in [6.45, 7) is 7.19. The van der Waals surface area contributed by atoms with Crippen LogP contribution in [0, 0.1) is 5.92 Å². The second-order valence-electron chi connectivity index (χ2n) is 8.42. The van der Waals surface area contributed by atoms with Crippen molar-refractivity contribution in [3.8, 4) is 0 Å². The Morgan fingerprint density at radius 1 is 1.39 bits per heavy atom. The third-order valence-electron chi connectivity index (χ3n) is 6.76. The molecular weight excluding hydrogens is 368 g/mol. The Hall–Kier alpha value is -2.18. The molecule has 0 radical (unpaired) electrons. The predicted octanol–water partition coefficient (Wildman–Crippen LogP) is 2.74. The van der Waals surface area contributed by atoms with Gasteiger partial charge in [-0.2, -0.15) is 0 Å². The van der Waals surface area contributed by atoms with Crippen LogP contribution in [0.2, 0.25) is 0 Å². The number of nitrogens with zero attached hydrogens (tertiary/aromatic N) is 3. The molecule has 5 nitrogen and oxygen atoms in total. The van der Waals surface area contributed by atoms with Crippen molar-refractivity contribution in [1.29, 1.82) is 0 Å². The Balaban J connectivity index is 1.46. The van der Waals surface area contributed by atoms with Crippen LogP contribution in [0.1, 0.15) is 23.5 Å². The molecule has 1 aromatic carbocycles. The molecule has 2 fully saturated rings. The molecule has 3 atom stereocenters. The Labute approximate surface area is 171 Å². The van der Waals surface area contributed by atoms with Crippen LogP contribution in [-0.2, 0) is 11.2 Å². The summed E-state index contributed by atoms with van der Waals surface area (Å²) in [4.78, 5) is 21.8. The molecule has 146 valence electrons. The van der Waals surface area contributed by atoms with Crippen LogP contribution in [0.5, 0.6) is 0 Å². The molecule has 6 heteroatoms. The number of aromatic nitrogens is 1. The minimum atomic E-state index is 0.0982. The van der Waals surface area contributed by atoms with Crippen molar-refractivity contribution >= 4 is 34.1 Å². The smallest absolute Gasteiger partial charge is 0.248 e. The maximum Gasteiger partial charge on any atom is 0.248 e. The molecule has 1 N–H and O–H groups in total. The first-order valence-electron chi connectivity index (χ1n) is 10.1. The highest BCUT2D eigenvalue weighted by Gasteiger charge is 2.42. The lowest BCUT2D eigenvalue weighted by atomic mass is 9.72. The van der Waals surface area contributed by atoms with Crippen molar-refractivity contribution in [2.24, 2.45) is 5.92 Å². The minimum Gasteiger partial charge on any atom is -0.361 e. The van der Waals surface area contributed by atoms with Gasteiger partial charge in [0.15, 0.2) is 5.11 Å². The normalized spacial score (nSPS) is 27.5. The third kappa shape index (κ3) is 2.70. The Morgan fingerprint density at radius 2 is 2.25 bits per heavy atom. The number of benzene rings is 1. The SMILES string of the molecule is C=CCN1C[C@H](CN2CC(=O)N(C)C2=S)C[C@@H]2c3cccc4[nH]cc(c34)C[C@H]21. The van der Waals surface area contributed by atoms with Crippen LogP contribution in [-0.4, -0.2) is 70.0 Å². The first-order valence-corrected chi connectivity index (χ1v) is 10.5. The van der Waals surface area contributed by atoms with Gasteiger partial charge >= 0.3 is 0 Å². The fourth-order valence-electron chi connectivity index (χ4n) is 5.52. The van der Waals surface area contributed by atoms with E-state index in [2.05, 4.69) is 45.8 Å². The number of likely N-dealkylation sites (tertiary alicyclic amines) is 1. The summed E-state index contributed by atoms with van der Waals surface area (Å²) in [5.74, 6) is 1.09. The number of carbonyl (C=O) groups excluding carboxylic acids is 1. The summed E-state index contributed by atoms with van der Waals surface area (Å²) < 4.78 is 0. The summed E-state index contributed by atoms with van der Waals surface area (Å²) in [5.41, 5.74) is 4.16. The van der Waals surface area contributed by atoms with Gasteiger partial charge in [-0.15, -0.1) is 6.58 Å². The van der Waals surface area contributed by atoms with Crippen LogP contribution in [0.25, 0.3) is 10.9 Å². The number of thiocarbonyl (C=S) groups is 1. The fraction of sp³-hybridized carbons (Fsp3) is 0.455. The zero-order valence-electron chi connectivity index (χ0n) is 16.2. The number of aromatic amines is 1. The van der Waals surface area contributed by atoms with Gasteiger partial charge in [0, 0.05) is 55.7 Å². The highest BCUT2D eigenvalue weighted by atomic mass is 32.1. The summed E-state index contributed by atoms with van der Waals surface area (Å²) in [7, 11) is 1.78. The number of H-pyrrole nitrogens is 1. The summed E-state index contributed by atoms with van der Waals surface area (Å²) in [6.07, 6.45) is 6.43. The number of hydrogen-bond acceptors (Lipinski definition) is 3. The quantitative estimate of drug-likeness (QED) is 0.640. The molecular formula is C22H26N4OS.